The lowest BCUT2D eigenvalue weighted by atomic mass is 10.0. The molecule has 0 spiro atoms. The maximum absolute atomic E-state index is 4.84. The highest BCUT2D eigenvalue weighted by atomic mass is 15.2. The lowest BCUT2D eigenvalue weighted by molar-refractivity contribution is 0.459. The van der Waals surface area contributed by atoms with Gasteiger partial charge >= 0.3 is 0 Å². The van der Waals surface area contributed by atoms with Gasteiger partial charge < -0.3 is 15.5 Å². The van der Waals surface area contributed by atoms with Gasteiger partial charge in [0.05, 0.1) is 6.54 Å². The van der Waals surface area contributed by atoms with Crippen molar-refractivity contribution in [1.82, 2.24) is 15.6 Å². The van der Waals surface area contributed by atoms with Crippen LogP contribution in [-0.2, 0) is 13.0 Å². The van der Waals surface area contributed by atoms with E-state index in [4.69, 9.17) is 4.99 Å². The van der Waals surface area contributed by atoms with E-state index in [-0.39, 0.29) is 0 Å². The topological polar surface area (TPSA) is 52.6 Å². The number of hydrogen-bond acceptors (Lipinski definition) is 3. The second kappa shape index (κ2) is 10.1. The van der Waals surface area contributed by atoms with E-state index >= 15 is 0 Å². The number of hydrogen-bond donors (Lipinski definition) is 2. The molecule has 0 unspecified atom stereocenters. The number of nitrogens with one attached hydrogen (secondary N) is 2. The van der Waals surface area contributed by atoms with Crippen LogP contribution in [0.4, 0.5) is 5.82 Å². The summed E-state index contributed by atoms with van der Waals surface area (Å²) in [7, 11) is 0. The van der Waals surface area contributed by atoms with E-state index in [1.165, 1.54) is 16.7 Å². The molecule has 1 aromatic carbocycles. The summed E-state index contributed by atoms with van der Waals surface area (Å²) >= 11 is 0. The van der Waals surface area contributed by atoms with Gasteiger partial charge in [-0.15, -0.1) is 0 Å². The van der Waals surface area contributed by atoms with Gasteiger partial charge in [-0.2, -0.15) is 0 Å². The zero-order valence-electron chi connectivity index (χ0n) is 17.4. The van der Waals surface area contributed by atoms with E-state index in [0.717, 1.165) is 50.7 Å². The molecule has 28 heavy (non-hydrogen) atoms. The molecule has 2 N–H and O–H groups in total. The van der Waals surface area contributed by atoms with Crippen LogP contribution in [-0.4, -0.2) is 36.6 Å². The number of rotatable bonds is 6. The monoisotopic (exact) mass is 379 g/mol. The minimum absolute atomic E-state index is 0.445. The van der Waals surface area contributed by atoms with Crippen molar-refractivity contribution in [1.29, 1.82) is 0 Å². The molecule has 0 atom stereocenters. The molecule has 1 aromatic heterocycles. The third kappa shape index (κ3) is 5.47. The highest BCUT2D eigenvalue weighted by Crippen LogP contribution is 2.18. The van der Waals surface area contributed by atoms with E-state index in [1.54, 1.807) is 0 Å². The van der Waals surface area contributed by atoms with Crippen molar-refractivity contribution in [2.75, 3.05) is 24.5 Å². The van der Waals surface area contributed by atoms with Crippen LogP contribution in [0, 0.1) is 6.92 Å². The van der Waals surface area contributed by atoms with E-state index in [9.17, 15) is 0 Å². The molecule has 0 aliphatic carbocycles. The van der Waals surface area contributed by atoms with Crippen molar-refractivity contribution in [3.05, 3.63) is 59.3 Å². The first kappa shape index (κ1) is 20.2. The van der Waals surface area contributed by atoms with E-state index in [0.29, 0.717) is 12.6 Å². The molecule has 2 heterocycles. The Balaban J connectivity index is 1.56. The van der Waals surface area contributed by atoms with Gasteiger partial charge in [0, 0.05) is 31.9 Å². The number of nitrogens with zero attached hydrogens (tertiary/aromatic N) is 3. The SMILES string of the molecule is CCNC(=NCc1ccccc1CC)NC1CCN(c2ccc(C)cn2)CC1. The molecular formula is C23H33N5. The Kier molecular flexibility index (Phi) is 7.29. The molecule has 0 saturated carbocycles. The summed E-state index contributed by atoms with van der Waals surface area (Å²) in [5.41, 5.74) is 3.89. The summed E-state index contributed by atoms with van der Waals surface area (Å²) in [5.74, 6) is 2.00. The Morgan fingerprint density at radius 3 is 2.50 bits per heavy atom. The molecule has 1 aliphatic heterocycles. The van der Waals surface area contributed by atoms with Crippen LogP contribution in [0.2, 0.25) is 0 Å². The quantitative estimate of drug-likeness (QED) is 0.594. The lowest BCUT2D eigenvalue weighted by Gasteiger charge is -2.33. The number of aliphatic imine (C=N–C) groups is 1. The Hall–Kier alpha value is -2.56. The normalized spacial score (nSPS) is 15.5. The summed E-state index contributed by atoms with van der Waals surface area (Å²) in [6.07, 6.45) is 5.17. The van der Waals surface area contributed by atoms with Crippen molar-refractivity contribution >= 4 is 11.8 Å². The first-order chi connectivity index (χ1) is 13.7. The van der Waals surface area contributed by atoms with Gasteiger partial charge in [-0.1, -0.05) is 37.3 Å². The molecule has 0 radical (unpaired) electrons. The zero-order chi connectivity index (χ0) is 19.8. The summed E-state index contributed by atoms with van der Waals surface area (Å²) in [6, 6.07) is 13.3. The van der Waals surface area contributed by atoms with Gasteiger partial charge in [-0.25, -0.2) is 9.98 Å². The maximum atomic E-state index is 4.84. The Bertz CT molecular complexity index is 761. The predicted molar refractivity (Wildman–Crippen MR) is 118 cm³/mol. The van der Waals surface area contributed by atoms with Crippen molar-refractivity contribution in [2.45, 2.75) is 52.6 Å². The van der Waals surface area contributed by atoms with E-state index in [2.05, 4.69) is 77.7 Å². The number of aromatic nitrogens is 1. The summed E-state index contributed by atoms with van der Waals surface area (Å²) in [5, 5.41) is 7.04. The number of aryl methyl sites for hydroxylation is 2. The molecule has 0 amide bonds. The third-order valence-corrected chi connectivity index (χ3v) is 5.31. The van der Waals surface area contributed by atoms with Crippen molar-refractivity contribution in [3.63, 3.8) is 0 Å². The van der Waals surface area contributed by atoms with Crippen LogP contribution in [0.25, 0.3) is 0 Å². The van der Waals surface area contributed by atoms with E-state index < -0.39 is 0 Å². The number of piperidine rings is 1. The van der Waals surface area contributed by atoms with Gasteiger partial charge in [-0.3, -0.25) is 0 Å². The van der Waals surface area contributed by atoms with Crippen LogP contribution in [0.15, 0.2) is 47.6 Å². The molecule has 2 aromatic rings. The molecule has 0 bridgehead atoms. The molecule has 5 heteroatoms. The van der Waals surface area contributed by atoms with Crippen LogP contribution in [0.5, 0.6) is 0 Å². The maximum Gasteiger partial charge on any atom is 0.191 e. The first-order valence-electron chi connectivity index (χ1n) is 10.5. The average Bonchev–Trinajstić information content (AvgIpc) is 2.73. The second-order valence-corrected chi connectivity index (χ2v) is 7.42. The molecule has 1 aliphatic rings. The fourth-order valence-corrected chi connectivity index (χ4v) is 3.63. The molecule has 1 fully saturated rings. The zero-order valence-corrected chi connectivity index (χ0v) is 17.4. The molecular weight excluding hydrogens is 346 g/mol. The second-order valence-electron chi connectivity index (χ2n) is 7.42. The number of anilines is 1. The molecule has 3 rings (SSSR count). The van der Waals surface area contributed by atoms with Gasteiger partial charge in [-0.05, 0) is 55.9 Å². The smallest absolute Gasteiger partial charge is 0.191 e. The summed E-state index contributed by atoms with van der Waals surface area (Å²) in [6.45, 7) is 10.0. The van der Waals surface area contributed by atoms with Gasteiger partial charge in [0.25, 0.3) is 0 Å². The van der Waals surface area contributed by atoms with Crippen LogP contribution < -0.4 is 15.5 Å². The highest BCUT2D eigenvalue weighted by Gasteiger charge is 2.20. The molecule has 1 saturated heterocycles. The fourth-order valence-electron chi connectivity index (χ4n) is 3.63. The van der Waals surface area contributed by atoms with E-state index in [1.807, 2.05) is 6.20 Å². The Morgan fingerprint density at radius 1 is 1.11 bits per heavy atom. The van der Waals surface area contributed by atoms with Gasteiger partial charge in [0.2, 0.25) is 0 Å². The average molecular weight is 380 g/mol. The third-order valence-electron chi connectivity index (χ3n) is 5.31. The minimum Gasteiger partial charge on any atom is -0.357 e. The number of guanidine groups is 1. The van der Waals surface area contributed by atoms with Crippen molar-refractivity contribution in [2.24, 2.45) is 4.99 Å². The minimum atomic E-state index is 0.445. The number of benzene rings is 1. The van der Waals surface area contributed by atoms with Crippen molar-refractivity contribution in [3.8, 4) is 0 Å². The largest absolute Gasteiger partial charge is 0.357 e. The summed E-state index contributed by atoms with van der Waals surface area (Å²) in [4.78, 5) is 11.8. The van der Waals surface area contributed by atoms with Crippen LogP contribution in [0.3, 0.4) is 0 Å². The molecule has 150 valence electrons. The van der Waals surface area contributed by atoms with Crippen molar-refractivity contribution < 1.29 is 0 Å². The van der Waals surface area contributed by atoms with Gasteiger partial charge in [0.15, 0.2) is 5.96 Å². The lowest BCUT2D eigenvalue weighted by Crippen LogP contribution is -2.48. The highest BCUT2D eigenvalue weighted by molar-refractivity contribution is 5.80. The Morgan fingerprint density at radius 2 is 1.86 bits per heavy atom. The summed E-state index contributed by atoms with van der Waals surface area (Å²) < 4.78 is 0. The standard InChI is InChI=1S/C23H33N5/c1-4-19-8-6-7-9-20(19)17-26-23(24-5-2)27-21-12-14-28(15-13-21)22-11-10-18(3)16-25-22/h6-11,16,21H,4-5,12-15,17H2,1-3H3,(H2,24,26,27). The van der Waals surface area contributed by atoms with Crippen LogP contribution in [0.1, 0.15) is 43.4 Å². The van der Waals surface area contributed by atoms with Gasteiger partial charge in [0.1, 0.15) is 5.82 Å². The fraction of sp³-hybridized carbons (Fsp3) is 0.478. The Labute approximate surface area is 169 Å². The molecule has 5 nitrogen and oxygen atoms in total. The first-order valence-corrected chi connectivity index (χ1v) is 10.5. The predicted octanol–water partition coefficient (Wildman–Crippen LogP) is 3.68. The van der Waals surface area contributed by atoms with Crippen LogP contribution >= 0.6 is 0 Å². The number of pyridine rings is 1.